The third-order valence-corrected chi connectivity index (χ3v) is 4.39. The summed E-state index contributed by atoms with van der Waals surface area (Å²) in [4.78, 5) is 0. The Kier molecular flexibility index (Phi) is 6.44. The van der Waals surface area contributed by atoms with Gasteiger partial charge in [0.1, 0.15) is 0 Å². The summed E-state index contributed by atoms with van der Waals surface area (Å²) in [5.41, 5.74) is 5.66. The average molecular weight is 362 g/mol. The zero-order valence-corrected chi connectivity index (χ0v) is 15.4. The first kappa shape index (κ1) is 18.5. The maximum Gasteiger partial charge on any atom is 0.0648 e. The lowest BCUT2D eigenvalue weighted by atomic mass is 10.1. The van der Waals surface area contributed by atoms with Gasteiger partial charge in [0.05, 0.1) is 11.4 Å². The van der Waals surface area contributed by atoms with Crippen LogP contribution in [0.3, 0.4) is 0 Å². The summed E-state index contributed by atoms with van der Waals surface area (Å²) in [6.07, 6.45) is 0. The molecule has 0 atom stereocenters. The minimum atomic E-state index is 0. The van der Waals surface area contributed by atoms with Gasteiger partial charge in [-0.15, -0.1) is 12.4 Å². The van der Waals surface area contributed by atoms with E-state index in [1.807, 2.05) is 47.1 Å². The zero-order chi connectivity index (χ0) is 16.2. The first-order chi connectivity index (χ1) is 11.2. The van der Waals surface area contributed by atoms with Crippen molar-refractivity contribution in [1.29, 1.82) is 0 Å². The van der Waals surface area contributed by atoms with Crippen LogP contribution in [-0.4, -0.2) is 9.78 Å². The summed E-state index contributed by atoms with van der Waals surface area (Å²) in [6.45, 7) is 5.68. The molecule has 0 unspecified atom stereocenters. The topological polar surface area (TPSA) is 29.9 Å². The van der Waals surface area contributed by atoms with Crippen LogP contribution in [0.1, 0.15) is 22.5 Å². The number of hydrogen-bond donors (Lipinski definition) is 1. The molecule has 0 bridgehead atoms. The molecule has 3 rings (SSSR count). The van der Waals surface area contributed by atoms with E-state index < -0.39 is 0 Å². The Morgan fingerprint density at radius 2 is 1.62 bits per heavy atom. The third kappa shape index (κ3) is 3.99. The molecule has 2 aromatic carbocycles. The molecule has 0 spiro atoms. The van der Waals surface area contributed by atoms with Crippen molar-refractivity contribution < 1.29 is 0 Å². The van der Waals surface area contributed by atoms with E-state index in [0.717, 1.165) is 35.1 Å². The fraction of sp³-hybridized carbons (Fsp3) is 0.211. The van der Waals surface area contributed by atoms with E-state index in [-0.39, 0.29) is 12.4 Å². The molecule has 3 nitrogen and oxygen atoms in total. The summed E-state index contributed by atoms with van der Waals surface area (Å²) in [5, 5.41) is 8.94. The van der Waals surface area contributed by atoms with Gasteiger partial charge < -0.3 is 5.32 Å². The number of nitrogens with zero attached hydrogens (tertiary/aromatic N) is 2. The highest BCUT2D eigenvalue weighted by molar-refractivity contribution is 6.31. The van der Waals surface area contributed by atoms with Crippen LogP contribution in [0.4, 0.5) is 0 Å². The van der Waals surface area contributed by atoms with Crippen molar-refractivity contribution in [3.63, 3.8) is 0 Å². The molecule has 0 aliphatic heterocycles. The van der Waals surface area contributed by atoms with E-state index in [1.165, 1.54) is 11.3 Å². The standard InChI is InChI=1S/C19H20ClN3.ClH/c1-14-18(13-21-12-16-8-6-7-11-19(16)20)15(2)23(22-14)17-9-4-3-5-10-17;/h3-11,21H,12-13H2,1-2H3;1H. The highest BCUT2D eigenvalue weighted by Crippen LogP contribution is 2.18. The van der Waals surface area contributed by atoms with Gasteiger partial charge in [-0.05, 0) is 37.6 Å². The number of nitrogens with one attached hydrogen (secondary N) is 1. The van der Waals surface area contributed by atoms with Crippen molar-refractivity contribution >= 4 is 24.0 Å². The maximum atomic E-state index is 6.20. The molecular weight excluding hydrogens is 341 g/mol. The van der Waals surface area contributed by atoms with Gasteiger partial charge in [-0.25, -0.2) is 4.68 Å². The van der Waals surface area contributed by atoms with Crippen LogP contribution in [0.5, 0.6) is 0 Å². The molecule has 1 N–H and O–H groups in total. The van der Waals surface area contributed by atoms with Crippen LogP contribution >= 0.6 is 24.0 Å². The molecule has 0 aliphatic rings. The highest BCUT2D eigenvalue weighted by Gasteiger charge is 2.12. The van der Waals surface area contributed by atoms with E-state index >= 15 is 0 Å². The molecule has 3 aromatic rings. The summed E-state index contributed by atoms with van der Waals surface area (Å²) in [7, 11) is 0. The summed E-state index contributed by atoms with van der Waals surface area (Å²) in [5.74, 6) is 0. The molecule has 0 aliphatic carbocycles. The van der Waals surface area contributed by atoms with Crippen LogP contribution in [0.25, 0.3) is 5.69 Å². The lowest BCUT2D eigenvalue weighted by Gasteiger charge is -2.08. The van der Waals surface area contributed by atoms with Gasteiger partial charge in [0, 0.05) is 29.4 Å². The number of rotatable bonds is 5. The summed E-state index contributed by atoms with van der Waals surface area (Å²) >= 11 is 6.20. The van der Waals surface area contributed by atoms with Gasteiger partial charge in [-0.2, -0.15) is 5.10 Å². The van der Waals surface area contributed by atoms with Crippen molar-refractivity contribution in [3.8, 4) is 5.69 Å². The molecule has 126 valence electrons. The largest absolute Gasteiger partial charge is 0.308 e. The van der Waals surface area contributed by atoms with E-state index in [4.69, 9.17) is 11.6 Å². The molecule has 1 aromatic heterocycles. The molecule has 0 saturated heterocycles. The van der Waals surface area contributed by atoms with Gasteiger partial charge in [0.15, 0.2) is 0 Å². The molecule has 0 amide bonds. The molecular formula is C19H21Cl2N3. The molecule has 0 radical (unpaired) electrons. The van der Waals surface area contributed by atoms with Gasteiger partial charge in [0.2, 0.25) is 0 Å². The average Bonchev–Trinajstić information content (AvgIpc) is 2.85. The van der Waals surface area contributed by atoms with Crippen LogP contribution < -0.4 is 5.32 Å². The molecule has 24 heavy (non-hydrogen) atoms. The Morgan fingerprint density at radius 3 is 2.33 bits per heavy atom. The van der Waals surface area contributed by atoms with Crippen LogP contribution in [0.15, 0.2) is 54.6 Å². The van der Waals surface area contributed by atoms with Gasteiger partial charge in [0.25, 0.3) is 0 Å². The third-order valence-electron chi connectivity index (χ3n) is 4.02. The van der Waals surface area contributed by atoms with E-state index in [0.29, 0.717) is 0 Å². The monoisotopic (exact) mass is 361 g/mol. The Hall–Kier alpha value is -1.81. The number of hydrogen-bond acceptors (Lipinski definition) is 2. The second kappa shape index (κ2) is 8.34. The first-order valence-electron chi connectivity index (χ1n) is 7.71. The maximum absolute atomic E-state index is 6.20. The molecule has 0 fully saturated rings. The number of halogens is 2. The Bertz CT molecular complexity index is 798. The second-order valence-electron chi connectivity index (χ2n) is 5.59. The van der Waals surface area contributed by atoms with Gasteiger partial charge in [-0.1, -0.05) is 48.0 Å². The predicted octanol–water partition coefficient (Wildman–Crippen LogP) is 4.85. The Morgan fingerprint density at radius 1 is 0.958 bits per heavy atom. The van der Waals surface area contributed by atoms with Crippen molar-refractivity contribution in [2.75, 3.05) is 0 Å². The summed E-state index contributed by atoms with van der Waals surface area (Å²) < 4.78 is 2.00. The Balaban J connectivity index is 0.00000208. The van der Waals surface area contributed by atoms with E-state index in [1.54, 1.807) is 0 Å². The van der Waals surface area contributed by atoms with Crippen LogP contribution in [0.2, 0.25) is 5.02 Å². The van der Waals surface area contributed by atoms with Crippen molar-refractivity contribution in [2.24, 2.45) is 0 Å². The fourth-order valence-electron chi connectivity index (χ4n) is 2.72. The lowest BCUT2D eigenvalue weighted by molar-refractivity contribution is 0.687. The molecule has 1 heterocycles. The first-order valence-corrected chi connectivity index (χ1v) is 8.09. The second-order valence-corrected chi connectivity index (χ2v) is 6.00. The number of para-hydroxylation sites is 1. The molecule has 0 saturated carbocycles. The quantitative estimate of drug-likeness (QED) is 0.703. The van der Waals surface area contributed by atoms with Crippen LogP contribution in [0, 0.1) is 13.8 Å². The predicted molar refractivity (Wildman–Crippen MR) is 102 cm³/mol. The van der Waals surface area contributed by atoms with E-state index in [2.05, 4.69) is 36.4 Å². The van der Waals surface area contributed by atoms with E-state index in [9.17, 15) is 0 Å². The van der Waals surface area contributed by atoms with Crippen molar-refractivity contribution in [1.82, 2.24) is 15.1 Å². The minimum absolute atomic E-state index is 0. The Labute approximate surface area is 154 Å². The number of aromatic nitrogens is 2. The molecule has 5 heteroatoms. The minimum Gasteiger partial charge on any atom is -0.308 e. The van der Waals surface area contributed by atoms with Crippen molar-refractivity contribution in [2.45, 2.75) is 26.9 Å². The summed E-state index contributed by atoms with van der Waals surface area (Å²) in [6, 6.07) is 18.1. The number of aryl methyl sites for hydroxylation is 1. The lowest BCUT2D eigenvalue weighted by Crippen LogP contribution is -2.14. The van der Waals surface area contributed by atoms with Gasteiger partial charge in [-0.3, -0.25) is 0 Å². The van der Waals surface area contributed by atoms with Gasteiger partial charge >= 0.3 is 0 Å². The zero-order valence-electron chi connectivity index (χ0n) is 13.8. The highest BCUT2D eigenvalue weighted by atomic mass is 35.5. The smallest absolute Gasteiger partial charge is 0.0648 e. The number of benzene rings is 2. The van der Waals surface area contributed by atoms with Crippen molar-refractivity contribution in [3.05, 3.63) is 82.1 Å². The normalized spacial score (nSPS) is 10.5. The fourth-order valence-corrected chi connectivity index (χ4v) is 2.92. The van der Waals surface area contributed by atoms with Crippen LogP contribution in [-0.2, 0) is 13.1 Å². The SMILES string of the molecule is Cc1nn(-c2ccccc2)c(C)c1CNCc1ccccc1Cl.Cl.